The number of hydrogen-bond donors (Lipinski definition) is 1. The maximum Gasteiger partial charge on any atom is 0.308 e. The molecule has 3 aromatic rings. The lowest BCUT2D eigenvalue weighted by atomic mass is 10.2. The van der Waals surface area contributed by atoms with Crippen LogP contribution in [0.2, 0.25) is 0 Å². The first-order valence-corrected chi connectivity index (χ1v) is 8.99. The third-order valence-corrected chi connectivity index (χ3v) is 5.54. The van der Waals surface area contributed by atoms with E-state index < -0.39 is 0 Å². The van der Waals surface area contributed by atoms with Crippen LogP contribution in [-0.4, -0.2) is 10.5 Å². The third-order valence-electron chi connectivity index (χ3n) is 3.58. The highest BCUT2D eigenvalue weighted by atomic mass is 32.1. The Balaban J connectivity index is 1.78. The van der Waals surface area contributed by atoms with Gasteiger partial charge in [0.25, 0.3) is 5.91 Å². The molecule has 0 aliphatic carbocycles. The van der Waals surface area contributed by atoms with Crippen molar-refractivity contribution in [2.24, 2.45) is 0 Å². The molecule has 24 heavy (non-hydrogen) atoms. The molecule has 7 heteroatoms. The zero-order chi connectivity index (χ0) is 17.1. The van der Waals surface area contributed by atoms with Crippen LogP contribution < -0.4 is 10.2 Å². The van der Waals surface area contributed by atoms with Gasteiger partial charge in [0.1, 0.15) is 10.7 Å². The van der Waals surface area contributed by atoms with Crippen molar-refractivity contribution in [1.29, 1.82) is 0 Å². The third kappa shape index (κ3) is 3.63. The van der Waals surface area contributed by atoms with Crippen molar-refractivity contribution in [3.63, 3.8) is 0 Å². The summed E-state index contributed by atoms with van der Waals surface area (Å²) in [4.78, 5) is 25.7. The van der Waals surface area contributed by atoms with Gasteiger partial charge in [-0.3, -0.25) is 14.2 Å². The Labute approximate surface area is 146 Å². The number of nitrogens with one attached hydrogen (secondary N) is 1. The highest BCUT2D eigenvalue weighted by Crippen LogP contribution is 2.15. The predicted octanol–water partition coefficient (Wildman–Crippen LogP) is 3.40. The number of halogens is 1. The average Bonchev–Trinajstić information content (AvgIpc) is 3.16. The minimum Gasteiger partial charge on any atom is -0.346 e. The smallest absolute Gasteiger partial charge is 0.308 e. The van der Waals surface area contributed by atoms with E-state index in [0.29, 0.717) is 22.7 Å². The Kier molecular flexibility index (Phi) is 4.92. The second-order valence-electron chi connectivity index (χ2n) is 5.26. The van der Waals surface area contributed by atoms with E-state index in [1.807, 2.05) is 17.5 Å². The Hall–Kier alpha value is -2.25. The Morgan fingerprint density at radius 2 is 2.12 bits per heavy atom. The number of benzene rings is 1. The lowest BCUT2D eigenvalue weighted by Crippen LogP contribution is -2.22. The van der Waals surface area contributed by atoms with Crippen LogP contribution in [0.3, 0.4) is 0 Å². The molecule has 0 spiro atoms. The van der Waals surface area contributed by atoms with Crippen LogP contribution in [0.4, 0.5) is 4.39 Å². The van der Waals surface area contributed by atoms with E-state index in [9.17, 15) is 14.0 Å². The monoisotopic (exact) mass is 362 g/mol. The van der Waals surface area contributed by atoms with Crippen molar-refractivity contribution in [1.82, 2.24) is 9.88 Å². The maximum atomic E-state index is 13.3. The fourth-order valence-corrected chi connectivity index (χ4v) is 3.90. The molecule has 0 bridgehead atoms. The van der Waals surface area contributed by atoms with Crippen molar-refractivity contribution in [2.75, 3.05) is 0 Å². The lowest BCUT2D eigenvalue weighted by Gasteiger charge is -2.06. The van der Waals surface area contributed by atoms with Gasteiger partial charge in [-0.15, -0.1) is 11.3 Å². The molecular formula is C17H15FN2O2S2. The highest BCUT2D eigenvalue weighted by molar-refractivity contribution is 7.11. The summed E-state index contributed by atoms with van der Waals surface area (Å²) in [6.45, 7) is 2.42. The van der Waals surface area contributed by atoms with E-state index in [0.717, 1.165) is 16.2 Å². The molecule has 0 radical (unpaired) electrons. The number of thiazole rings is 1. The summed E-state index contributed by atoms with van der Waals surface area (Å²) in [7, 11) is 0. The molecule has 0 atom stereocenters. The number of carbonyl (C=O) groups is 1. The first kappa shape index (κ1) is 16.6. The van der Waals surface area contributed by atoms with Crippen molar-refractivity contribution in [3.8, 4) is 0 Å². The van der Waals surface area contributed by atoms with Crippen LogP contribution in [0, 0.1) is 12.7 Å². The van der Waals surface area contributed by atoms with Crippen molar-refractivity contribution in [2.45, 2.75) is 20.0 Å². The topological polar surface area (TPSA) is 51.1 Å². The number of aromatic nitrogens is 1. The van der Waals surface area contributed by atoms with Gasteiger partial charge < -0.3 is 5.32 Å². The predicted molar refractivity (Wildman–Crippen MR) is 94.3 cm³/mol. The van der Waals surface area contributed by atoms with E-state index in [1.54, 1.807) is 30.4 Å². The summed E-state index contributed by atoms with van der Waals surface area (Å²) < 4.78 is 14.8. The first-order chi connectivity index (χ1) is 11.5. The van der Waals surface area contributed by atoms with Gasteiger partial charge in [0.15, 0.2) is 0 Å². The van der Waals surface area contributed by atoms with Crippen molar-refractivity contribution < 1.29 is 9.18 Å². The van der Waals surface area contributed by atoms with Gasteiger partial charge in [0.2, 0.25) is 0 Å². The molecule has 3 rings (SSSR count). The van der Waals surface area contributed by atoms with Gasteiger partial charge in [-0.05, 0) is 36.1 Å². The fourth-order valence-electron chi connectivity index (χ4n) is 2.35. The normalized spacial score (nSPS) is 10.8. The number of nitrogens with zero attached hydrogens (tertiary/aromatic N) is 1. The summed E-state index contributed by atoms with van der Waals surface area (Å²) in [6.07, 6.45) is 0. The summed E-state index contributed by atoms with van der Waals surface area (Å²) in [6, 6.07) is 9.96. The van der Waals surface area contributed by atoms with Gasteiger partial charge in [0.05, 0.1) is 13.1 Å². The quantitative estimate of drug-likeness (QED) is 0.756. The number of rotatable bonds is 5. The van der Waals surface area contributed by atoms with Crippen LogP contribution >= 0.6 is 22.7 Å². The first-order valence-electron chi connectivity index (χ1n) is 7.30. The molecule has 124 valence electrons. The zero-order valence-electron chi connectivity index (χ0n) is 12.9. The van der Waals surface area contributed by atoms with Crippen LogP contribution in [0.15, 0.2) is 46.6 Å². The van der Waals surface area contributed by atoms with Gasteiger partial charge in [-0.2, -0.15) is 0 Å². The number of thiophene rings is 1. The second kappa shape index (κ2) is 7.11. The van der Waals surface area contributed by atoms with E-state index in [1.165, 1.54) is 16.7 Å². The second-order valence-corrected chi connectivity index (χ2v) is 7.25. The van der Waals surface area contributed by atoms with E-state index in [4.69, 9.17) is 0 Å². The van der Waals surface area contributed by atoms with Gasteiger partial charge in [0, 0.05) is 10.6 Å². The molecule has 0 aliphatic heterocycles. The highest BCUT2D eigenvalue weighted by Gasteiger charge is 2.17. The number of carbonyl (C=O) groups excluding carboxylic acids is 1. The molecule has 0 fully saturated rings. The molecule has 0 unspecified atom stereocenters. The van der Waals surface area contributed by atoms with Crippen LogP contribution in [0.5, 0.6) is 0 Å². The van der Waals surface area contributed by atoms with Crippen LogP contribution in [0.25, 0.3) is 0 Å². The molecule has 2 heterocycles. The van der Waals surface area contributed by atoms with Gasteiger partial charge in [-0.1, -0.05) is 29.5 Å². The molecule has 1 aromatic carbocycles. The largest absolute Gasteiger partial charge is 0.346 e. The van der Waals surface area contributed by atoms with Crippen LogP contribution in [-0.2, 0) is 13.1 Å². The number of hydrogen-bond acceptors (Lipinski definition) is 4. The fraction of sp³-hybridized carbons (Fsp3) is 0.176. The Morgan fingerprint density at radius 1 is 1.29 bits per heavy atom. The molecule has 0 saturated carbocycles. The SMILES string of the molecule is Cc1c(C(=O)NCc2cccs2)sc(=O)n1Cc1cccc(F)c1. The minimum atomic E-state index is -0.345. The summed E-state index contributed by atoms with van der Waals surface area (Å²) in [5.41, 5.74) is 1.28. The maximum absolute atomic E-state index is 13.3. The molecule has 4 nitrogen and oxygen atoms in total. The lowest BCUT2D eigenvalue weighted by molar-refractivity contribution is 0.0954. The summed E-state index contributed by atoms with van der Waals surface area (Å²) >= 11 is 2.48. The Bertz CT molecular complexity index is 913. The van der Waals surface area contributed by atoms with E-state index in [2.05, 4.69) is 5.32 Å². The summed E-state index contributed by atoms with van der Waals surface area (Å²) in [5.74, 6) is -0.608. The zero-order valence-corrected chi connectivity index (χ0v) is 14.5. The van der Waals surface area contributed by atoms with Crippen LogP contribution in [0.1, 0.15) is 25.8 Å². The molecule has 1 N–H and O–H groups in total. The molecule has 1 amide bonds. The standard InChI is InChI=1S/C17H15FN2O2S2/c1-11-15(16(21)19-9-14-6-3-7-23-14)24-17(22)20(11)10-12-4-2-5-13(18)8-12/h2-8H,9-10H2,1H3,(H,19,21). The van der Waals surface area contributed by atoms with Crippen molar-refractivity contribution >= 4 is 28.6 Å². The van der Waals surface area contributed by atoms with E-state index in [-0.39, 0.29) is 23.1 Å². The Morgan fingerprint density at radius 3 is 2.83 bits per heavy atom. The molecule has 0 aliphatic rings. The van der Waals surface area contributed by atoms with E-state index >= 15 is 0 Å². The minimum absolute atomic E-state index is 0.224. The van der Waals surface area contributed by atoms with Gasteiger partial charge in [-0.25, -0.2) is 4.39 Å². The summed E-state index contributed by atoms with van der Waals surface area (Å²) in [5, 5.41) is 4.77. The molecule has 0 saturated heterocycles. The van der Waals surface area contributed by atoms with Crippen molar-refractivity contribution in [3.05, 3.63) is 78.3 Å². The number of amides is 1. The van der Waals surface area contributed by atoms with Gasteiger partial charge >= 0.3 is 4.87 Å². The molecule has 2 aromatic heterocycles. The average molecular weight is 362 g/mol. The molecular weight excluding hydrogens is 347 g/mol.